The number of nitrogens with one attached hydrogen (secondary N) is 1. The van der Waals surface area contributed by atoms with E-state index in [4.69, 9.17) is 4.74 Å². The van der Waals surface area contributed by atoms with Gasteiger partial charge in [0.2, 0.25) is 5.91 Å². The number of carbonyl (C=O) groups excluding carboxylic acids is 1. The molecule has 1 N–H and O–H groups in total. The normalized spacial score (nSPS) is 11.2. The Morgan fingerprint density at radius 3 is 2.76 bits per heavy atom. The molecular weight excluding hydrogens is 452 g/mol. The molecule has 2 heterocycles. The molecule has 1 amide bonds. The molecule has 6 nitrogen and oxygen atoms in total. The molecule has 0 spiro atoms. The molecule has 0 saturated heterocycles. The summed E-state index contributed by atoms with van der Waals surface area (Å²) in [4.78, 5) is 12.5. The summed E-state index contributed by atoms with van der Waals surface area (Å²) in [6.07, 6.45) is 0. The monoisotopic (exact) mass is 470 g/mol. The van der Waals surface area contributed by atoms with Gasteiger partial charge in [-0.3, -0.25) is 9.20 Å². The van der Waals surface area contributed by atoms with Crippen LogP contribution in [0.4, 0.5) is 5.69 Å². The fourth-order valence-electron chi connectivity index (χ4n) is 3.16. The van der Waals surface area contributed by atoms with Crippen molar-refractivity contribution in [1.82, 2.24) is 14.6 Å². The van der Waals surface area contributed by atoms with Crippen molar-refractivity contribution < 1.29 is 9.53 Å². The van der Waals surface area contributed by atoms with Gasteiger partial charge in [-0.2, -0.15) is 0 Å². The van der Waals surface area contributed by atoms with Crippen molar-refractivity contribution in [2.24, 2.45) is 0 Å². The van der Waals surface area contributed by atoms with Crippen molar-refractivity contribution in [3.8, 4) is 5.75 Å². The zero-order valence-electron chi connectivity index (χ0n) is 16.2. The maximum Gasteiger partial charge on any atom is 0.234 e. The van der Waals surface area contributed by atoms with Gasteiger partial charge in [0, 0.05) is 15.9 Å². The van der Waals surface area contributed by atoms with Gasteiger partial charge in [0.1, 0.15) is 5.75 Å². The number of anilines is 1. The van der Waals surface area contributed by atoms with Gasteiger partial charge in [-0.05, 0) is 71.2 Å². The molecule has 4 rings (SSSR count). The number of carbonyl (C=O) groups is 1. The lowest BCUT2D eigenvalue weighted by atomic mass is 10.1. The molecule has 0 atom stereocenters. The fourth-order valence-corrected chi connectivity index (χ4v) is 4.51. The Labute approximate surface area is 180 Å². The molecule has 0 aliphatic carbocycles. The molecule has 29 heavy (non-hydrogen) atoms. The van der Waals surface area contributed by atoms with E-state index in [0.717, 1.165) is 43.6 Å². The molecule has 0 aliphatic heterocycles. The minimum absolute atomic E-state index is 0.106. The molecule has 2 aromatic carbocycles. The molecule has 0 saturated carbocycles. The standard InChI is InChI=1S/C21H19BrN4O2S/c1-12-4-7-17(16(22)8-12)23-20(27)11-29-21-25-24-19-9-13(2)15-6-5-14(28-3)10-18(15)26(19)21/h4-10H,11H2,1-3H3,(H,23,27). The highest BCUT2D eigenvalue weighted by Crippen LogP contribution is 2.29. The highest BCUT2D eigenvalue weighted by Gasteiger charge is 2.14. The van der Waals surface area contributed by atoms with E-state index in [1.54, 1.807) is 7.11 Å². The van der Waals surface area contributed by atoms with Crippen LogP contribution < -0.4 is 10.1 Å². The van der Waals surface area contributed by atoms with Gasteiger partial charge in [0.05, 0.1) is 24.1 Å². The van der Waals surface area contributed by atoms with E-state index in [2.05, 4.69) is 31.4 Å². The van der Waals surface area contributed by atoms with Crippen molar-refractivity contribution in [2.75, 3.05) is 18.2 Å². The van der Waals surface area contributed by atoms with Crippen LogP contribution in [0.15, 0.2) is 52.1 Å². The Morgan fingerprint density at radius 2 is 2.00 bits per heavy atom. The van der Waals surface area contributed by atoms with Crippen molar-refractivity contribution in [1.29, 1.82) is 0 Å². The quantitative estimate of drug-likeness (QED) is 0.415. The number of aryl methyl sites for hydroxylation is 2. The SMILES string of the molecule is COc1ccc2c(C)cc3nnc(SCC(=O)Nc4ccc(C)cc4Br)n3c2c1. The summed E-state index contributed by atoms with van der Waals surface area (Å²) < 4.78 is 8.20. The largest absolute Gasteiger partial charge is 0.497 e. The van der Waals surface area contributed by atoms with Crippen molar-refractivity contribution >= 4 is 55.8 Å². The molecule has 0 fully saturated rings. The number of hydrogen-bond donors (Lipinski definition) is 1. The number of thioether (sulfide) groups is 1. The van der Waals surface area contributed by atoms with Gasteiger partial charge in [0.15, 0.2) is 10.8 Å². The molecule has 0 radical (unpaired) electrons. The Balaban J connectivity index is 1.61. The Hall–Kier alpha value is -2.58. The number of hydrogen-bond acceptors (Lipinski definition) is 5. The van der Waals surface area contributed by atoms with E-state index < -0.39 is 0 Å². The van der Waals surface area contributed by atoms with Crippen molar-refractivity contribution in [3.63, 3.8) is 0 Å². The molecule has 0 bridgehead atoms. The molecule has 0 aliphatic rings. The first kappa shape index (κ1) is 19.7. The first-order valence-electron chi connectivity index (χ1n) is 8.97. The Morgan fingerprint density at radius 1 is 1.17 bits per heavy atom. The highest BCUT2D eigenvalue weighted by molar-refractivity contribution is 9.10. The van der Waals surface area contributed by atoms with Crippen molar-refractivity contribution in [3.05, 3.63) is 58.1 Å². The Kier molecular flexibility index (Phi) is 5.47. The average molecular weight is 471 g/mol. The second-order valence-electron chi connectivity index (χ2n) is 6.71. The maximum absolute atomic E-state index is 12.5. The van der Waals surface area contributed by atoms with E-state index in [1.807, 2.05) is 60.7 Å². The van der Waals surface area contributed by atoms with E-state index in [9.17, 15) is 4.79 Å². The first-order chi connectivity index (χ1) is 14.0. The van der Waals surface area contributed by atoms with E-state index in [1.165, 1.54) is 11.8 Å². The first-order valence-corrected chi connectivity index (χ1v) is 10.8. The third-order valence-electron chi connectivity index (χ3n) is 4.61. The van der Waals surface area contributed by atoms with Crippen LogP contribution >= 0.6 is 27.7 Å². The van der Waals surface area contributed by atoms with Gasteiger partial charge in [-0.25, -0.2) is 0 Å². The molecule has 148 valence electrons. The van der Waals surface area contributed by atoms with Crippen LogP contribution in [0.1, 0.15) is 11.1 Å². The number of rotatable bonds is 5. The van der Waals surface area contributed by atoms with Crippen LogP contribution in [-0.4, -0.2) is 33.4 Å². The predicted molar refractivity (Wildman–Crippen MR) is 120 cm³/mol. The number of ether oxygens (including phenoxy) is 1. The molecule has 2 aromatic heterocycles. The lowest BCUT2D eigenvalue weighted by Crippen LogP contribution is -2.14. The zero-order valence-corrected chi connectivity index (χ0v) is 18.6. The van der Waals surface area contributed by atoms with Crippen LogP contribution in [0, 0.1) is 13.8 Å². The number of fused-ring (bicyclic) bond motifs is 3. The summed E-state index contributed by atoms with van der Waals surface area (Å²) in [6, 6.07) is 13.7. The number of methoxy groups -OCH3 is 1. The number of pyridine rings is 1. The molecule has 8 heteroatoms. The van der Waals surface area contributed by atoms with Crippen molar-refractivity contribution in [2.45, 2.75) is 19.0 Å². The highest BCUT2D eigenvalue weighted by atomic mass is 79.9. The summed E-state index contributed by atoms with van der Waals surface area (Å²) in [7, 11) is 1.64. The van der Waals surface area contributed by atoms with Crippen LogP contribution in [0.25, 0.3) is 16.6 Å². The topological polar surface area (TPSA) is 68.5 Å². The number of nitrogens with zero attached hydrogens (tertiary/aromatic N) is 3. The summed E-state index contributed by atoms with van der Waals surface area (Å²) in [5.41, 5.74) is 4.68. The fraction of sp³-hybridized carbons (Fsp3) is 0.190. The number of aromatic nitrogens is 3. The van der Waals surface area contributed by atoms with Crippen LogP contribution in [-0.2, 0) is 4.79 Å². The summed E-state index contributed by atoms with van der Waals surface area (Å²) in [5.74, 6) is 0.877. The van der Waals surface area contributed by atoms with Gasteiger partial charge < -0.3 is 10.1 Å². The van der Waals surface area contributed by atoms with Crippen LogP contribution in [0.5, 0.6) is 5.75 Å². The number of halogens is 1. The maximum atomic E-state index is 12.5. The van der Waals surface area contributed by atoms with E-state index in [0.29, 0.717) is 5.16 Å². The summed E-state index contributed by atoms with van der Waals surface area (Å²) in [5, 5.41) is 13.3. The number of benzene rings is 2. The van der Waals surface area contributed by atoms with Gasteiger partial charge >= 0.3 is 0 Å². The number of amides is 1. The van der Waals surface area contributed by atoms with Gasteiger partial charge in [-0.15, -0.1) is 10.2 Å². The second-order valence-corrected chi connectivity index (χ2v) is 8.50. The Bertz CT molecular complexity index is 1240. The van der Waals surface area contributed by atoms with Crippen LogP contribution in [0.2, 0.25) is 0 Å². The lowest BCUT2D eigenvalue weighted by molar-refractivity contribution is -0.113. The summed E-state index contributed by atoms with van der Waals surface area (Å²) >= 11 is 4.83. The predicted octanol–water partition coefficient (Wildman–Crippen LogP) is 5.00. The molecular formula is C21H19BrN4O2S. The third-order valence-corrected chi connectivity index (χ3v) is 6.19. The minimum atomic E-state index is -0.106. The lowest BCUT2D eigenvalue weighted by Gasteiger charge is -2.10. The van der Waals surface area contributed by atoms with Gasteiger partial charge in [-0.1, -0.05) is 17.8 Å². The minimum Gasteiger partial charge on any atom is -0.497 e. The summed E-state index contributed by atoms with van der Waals surface area (Å²) in [6.45, 7) is 4.05. The molecule has 0 unspecified atom stereocenters. The van der Waals surface area contributed by atoms with Gasteiger partial charge in [0.25, 0.3) is 0 Å². The van der Waals surface area contributed by atoms with E-state index >= 15 is 0 Å². The van der Waals surface area contributed by atoms with E-state index in [-0.39, 0.29) is 11.7 Å². The molecule has 4 aromatic rings. The third kappa shape index (κ3) is 3.95. The smallest absolute Gasteiger partial charge is 0.234 e. The van der Waals surface area contributed by atoms with Crippen LogP contribution in [0.3, 0.4) is 0 Å². The average Bonchev–Trinajstić information content (AvgIpc) is 3.11. The zero-order chi connectivity index (χ0) is 20.5. The second kappa shape index (κ2) is 8.04.